The first-order valence-electron chi connectivity index (χ1n) is 7.32. The minimum absolute atomic E-state index is 0.261. The predicted octanol–water partition coefficient (Wildman–Crippen LogP) is 1.46. The molecule has 0 saturated heterocycles. The van der Waals surface area contributed by atoms with E-state index >= 15 is 0 Å². The topological polar surface area (TPSA) is 73.0 Å². The molecule has 0 saturated carbocycles. The summed E-state index contributed by atoms with van der Waals surface area (Å²) in [5, 5.41) is 8.41. The van der Waals surface area contributed by atoms with Gasteiger partial charge in [-0.15, -0.1) is 0 Å². The van der Waals surface area contributed by atoms with Gasteiger partial charge in [0.2, 0.25) is 10.0 Å². The van der Waals surface area contributed by atoms with Crippen LogP contribution in [0.2, 0.25) is 0 Å². The van der Waals surface area contributed by atoms with Gasteiger partial charge in [0, 0.05) is 38.4 Å². The fraction of sp³-hybridized carbons (Fsp3) is 0.571. The van der Waals surface area contributed by atoms with E-state index in [4.69, 9.17) is 0 Å². The first kappa shape index (κ1) is 16.7. The van der Waals surface area contributed by atoms with Gasteiger partial charge in [0.1, 0.15) is 4.90 Å². The zero-order chi connectivity index (χ0) is 16.5. The Morgan fingerprint density at radius 3 is 2.41 bits per heavy atom. The summed E-state index contributed by atoms with van der Waals surface area (Å²) in [6, 6.07) is 0. The molecule has 2 rings (SSSR count). The lowest BCUT2D eigenvalue weighted by Gasteiger charge is -2.19. The Bertz CT molecular complexity index is 760. The molecule has 8 heteroatoms. The minimum Gasteiger partial charge on any atom is -0.272 e. The molecule has 2 aromatic rings. The molecule has 0 aliphatic rings. The molecule has 7 nitrogen and oxygen atoms in total. The molecular weight excluding hydrogens is 302 g/mol. The van der Waals surface area contributed by atoms with Gasteiger partial charge in [-0.25, -0.2) is 8.42 Å². The Morgan fingerprint density at radius 2 is 1.95 bits per heavy atom. The molecule has 122 valence electrons. The zero-order valence-electron chi connectivity index (χ0n) is 13.7. The molecule has 0 aliphatic carbocycles. The van der Waals surface area contributed by atoms with Gasteiger partial charge in [-0.2, -0.15) is 14.5 Å². The average Bonchev–Trinajstić information content (AvgIpc) is 3.00. The number of nitrogens with zero attached hydrogens (tertiary/aromatic N) is 5. The number of aromatic nitrogens is 4. The molecule has 0 unspecified atom stereocenters. The fourth-order valence-corrected chi connectivity index (χ4v) is 3.92. The quantitative estimate of drug-likeness (QED) is 0.806. The van der Waals surface area contributed by atoms with E-state index in [-0.39, 0.29) is 4.90 Å². The summed E-state index contributed by atoms with van der Waals surface area (Å²) < 4.78 is 30.5. The van der Waals surface area contributed by atoms with Crippen LogP contribution in [0.25, 0.3) is 0 Å². The molecule has 2 aromatic heterocycles. The summed E-state index contributed by atoms with van der Waals surface area (Å²) in [6.07, 6.45) is 3.32. The normalized spacial score (nSPS) is 12.3. The van der Waals surface area contributed by atoms with Crippen LogP contribution < -0.4 is 0 Å². The predicted molar refractivity (Wildman–Crippen MR) is 83.9 cm³/mol. The van der Waals surface area contributed by atoms with Crippen molar-refractivity contribution in [2.45, 2.75) is 45.7 Å². The molecule has 0 fully saturated rings. The Balaban J connectivity index is 2.34. The lowest BCUT2D eigenvalue weighted by molar-refractivity contribution is 0.422. The van der Waals surface area contributed by atoms with Gasteiger partial charge in [-0.05, 0) is 20.8 Å². The number of sulfonamides is 1. The fourth-order valence-electron chi connectivity index (χ4n) is 2.30. The molecule has 0 bridgehead atoms. The Hall–Kier alpha value is -1.67. The summed E-state index contributed by atoms with van der Waals surface area (Å²) >= 11 is 0. The van der Waals surface area contributed by atoms with Crippen LogP contribution in [-0.2, 0) is 30.2 Å². The number of rotatable bonds is 6. The summed E-state index contributed by atoms with van der Waals surface area (Å²) in [7, 11) is -1.82. The van der Waals surface area contributed by atoms with E-state index in [0.29, 0.717) is 18.8 Å². The third-order valence-corrected chi connectivity index (χ3v) is 5.90. The summed E-state index contributed by atoms with van der Waals surface area (Å²) in [5.74, 6) is 0. The van der Waals surface area contributed by atoms with Gasteiger partial charge in [-0.3, -0.25) is 9.36 Å². The van der Waals surface area contributed by atoms with Crippen molar-refractivity contribution in [1.82, 2.24) is 23.9 Å². The van der Waals surface area contributed by atoms with E-state index in [1.807, 2.05) is 31.6 Å². The van der Waals surface area contributed by atoms with E-state index in [1.54, 1.807) is 18.7 Å². The molecule has 0 amide bonds. The second-order valence-electron chi connectivity index (χ2n) is 5.24. The summed E-state index contributed by atoms with van der Waals surface area (Å²) in [4.78, 5) is 0.261. The van der Waals surface area contributed by atoms with Gasteiger partial charge in [0.25, 0.3) is 0 Å². The second-order valence-corrected chi connectivity index (χ2v) is 7.15. The van der Waals surface area contributed by atoms with Crippen LogP contribution in [0.5, 0.6) is 0 Å². The number of hydrogen-bond donors (Lipinski definition) is 0. The van der Waals surface area contributed by atoms with Gasteiger partial charge >= 0.3 is 0 Å². The number of aryl methyl sites for hydroxylation is 3. The van der Waals surface area contributed by atoms with Crippen LogP contribution in [0.3, 0.4) is 0 Å². The highest BCUT2D eigenvalue weighted by Gasteiger charge is 2.27. The van der Waals surface area contributed by atoms with Crippen LogP contribution in [-0.4, -0.2) is 38.8 Å². The zero-order valence-corrected chi connectivity index (χ0v) is 14.6. The van der Waals surface area contributed by atoms with Crippen LogP contribution in [0, 0.1) is 13.8 Å². The standard InChI is InChI=1S/C14H23N5O2S/c1-6-18-9-13(11(3)16-18)10-19(7-2)22(20,21)14-8-15-17(5)12(14)4/h8-9H,6-7,10H2,1-5H3. The molecule has 2 heterocycles. The van der Waals surface area contributed by atoms with Crippen molar-refractivity contribution in [3.05, 3.63) is 29.3 Å². The molecule has 0 atom stereocenters. The number of hydrogen-bond acceptors (Lipinski definition) is 4. The van der Waals surface area contributed by atoms with Crippen molar-refractivity contribution in [2.24, 2.45) is 7.05 Å². The maximum Gasteiger partial charge on any atom is 0.246 e. The smallest absolute Gasteiger partial charge is 0.246 e. The largest absolute Gasteiger partial charge is 0.272 e. The molecule has 22 heavy (non-hydrogen) atoms. The van der Waals surface area contributed by atoms with Crippen molar-refractivity contribution < 1.29 is 8.42 Å². The van der Waals surface area contributed by atoms with Gasteiger partial charge in [0.05, 0.1) is 17.6 Å². The van der Waals surface area contributed by atoms with E-state index in [2.05, 4.69) is 10.2 Å². The second kappa shape index (κ2) is 6.21. The van der Waals surface area contributed by atoms with E-state index in [9.17, 15) is 8.42 Å². The monoisotopic (exact) mass is 325 g/mol. The van der Waals surface area contributed by atoms with E-state index < -0.39 is 10.0 Å². The van der Waals surface area contributed by atoms with Crippen LogP contribution in [0.15, 0.2) is 17.3 Å². The van der Waals surface area contributed by atoms with E-state index in [0.717, 1.165) is 17.8 Å². The van der Waals surface area contributed by atoms with Crippen molar-refractivity contribution in [3.63, 3.8) is 0 Å². The Kier molecular flexibility index (Phi) is 4.72. The lowest BCUT2D eigenvalue weighted by atomic mass is 10.2. The molecule has 0 radical (unpaired) electrons. The van der Waals surface area contributed by atoms with Crippen molar-refractivity contribution in [2.75, 3.05) is 6.54 Å². The minimum atomic E-state index is -3.56. The highest BCUT2D eigenvalue weighted by molar-refractivity contribution is 7.89. The molecule has 0 aliphatic heterocycles. The molecule has 0 aromatic carbocycles. The van der Waals surface area contributed by atoms with E-state index in [1.165, 1.54) is 10.5 Å². The summed E-state index contributed by atoms with van der Waals surface area (Å²) in [6.45, 7) is 8.98. The van der Waals surface area contributed by atoms with Crippen LogP contribution in [0.4, 0.5) is 0 Å². The van der Waals surface area contributed by atoms with Gasteiger partial charge in [-0.1, -0.05) is 6.92 Å². The van der Waals surface area contributed by atoms with Crippen molar-refractivity contribution in [3.8, 4) is 0 Å². The highest BCUT2D eigenvalue weighted by Crippen LogP contribution is 2.21. The third-order valence-electron chi connectivity index (χ3n) is 3.88. The molecule has 0 N–H and O–H groups in total. The Morgan fingerprint density at radius 1 is 1.27 bits per heavy atom. The van der Waals surface area contributed by atoms with Crippen LogP contribution in [0.1, 0.15) is 30.8 Å². The third kappa shape index (κ3) is 2.93. The maximum absolute atomic E-state index is 12.8. The highest BCUT2D eigenvalue weighted by atomic mass is 32.2. The molecular formula is C14H23N5O2S. The maximum atomic E-state index is 12.8. The first-order chi connectivity index (χ1) is 10.3. The molecule has 0 spiro atoms. The lowest BCUT2D eigenvalue weighted by Crippen LogP contribution is -2.31. The summed E-state index contributed by atoms with van der Waals surface area (Å²) in [5.41, 5.74) is 2.42. The Labute approximate surface area is 131 Å². The SMILES string of the molecule is CCN(Cc1cn(CC)nc1C)S(=O)(=O)c1cnn(C)c1C. The average molecular weight is 325 g/mol. The van der Waals surface area contributed by atoms with Gasteiger partial charge in [0.15, 0.2) is 0 Å². The van der Waals surface area contributed by atoms with Crippen LogP contribution >= 0.6 is 0 Å². The van der Waals surface area contributed by atoms with Gasteiger partial charge < -0.3 is 0 Å². The van der Waals surface area contributed by atoms with Crippen molar-refractivity contribution in [1.29, 1.82) is 0 Å². The first-order valence-corrected chi connectivity index (χ1v) is 8.76. The van der Waals surface area contributed by atoms with Crippen molar-refractivity contribution >= 4 is 10.0 Å².